The van der Waals surface area contributed by atoms with Crippen LogP contribution in [0.4, 0.5) is 0 Å². The second-order valence-corrected chi connectivity index (χ2v) is 9.70. The van der Waals surface area contributed by atoms with E-state index in [0.29, 0.717) is 0 Å². The third kappa shape index (κ3) is 3.40. The molecule has 0 aromatic heterocycles. The second kappa shape index (κ2) is 7.04. The molecule has 2 N–H and O–H groups in total. The molecule has 2 heteroatoms. The maximum atomic E-state index is 2.28. The Morgan fingerprint density at radius 2 is 1.40 bits per heavy atom. The third-order valence-electron chi connectivity index (χ3n) is 8.14. The number of piperazine rings is 1. The molecule has 5 aliphatic rings. The van der Waals surface area contributed by atoms with E-state index in [1.807, 2.05) is 9.80 Å². The third-order valence-corrected chi connectivity index (χ3v) is 8.14. The van der Waals surface area contributed by atoms with Crippen LogP contribution in [-0.2, 0) is 6.42 Å². The van der Waals surface area contributed by atoms with Gasteiger partial charge in [0.2, 0.25) is 0 Å². The Labute approximate surface area is 153 Å². The Hall–Kier alpha value is -0.860. The molecule has 1 saturated heterocycles. The lowest BCUT2D eigenvalue weighted by Crippen LogP contribution is -3.30. The second-order valence-electron chi connectivity index (χ2n) is 9.70. The van der Waals surface area contributed by atoms with Crippen molar-refractivity contribution in [2.24, 2.45) is 23.7 Å². The van der Waals surface area contributed by atoms with Crippen molar-refractivity contribution >= 4 is 0 Å². The molecule has 6 rings (SSSR count). The van der Waals surface area contributed by atoms with E-state index >= 15 is 0 Å². The van der Waals surface area contributed by atoms with Crippen LogP contribution >= 0.6 is 0 Å². The summed E-state index contributed by atoms with van der Waals surface area (Å²) in [5.41, 5.74) is 1.51. The van der Waals surface area contributed by atoms with Gasteiger partial charge in [0.25, 0.3) is 0 Å². The van der Waals surface area contributed by atoms with E-state index in [1.165, 1.54) is 51.1 Å². The van der Waals surface area contributed by atoms with Crippen molar-refractivity contribution in [1.29, 1.82) is 0 Å². The first-order valence-electron chi connectivity index (χ1n) is 11.1. The van der Waals surface area contributed by atoms with Gasteiger partial charge in [0, 0.05) is 18.3 Å². The van der Waals surface area contributed by atoms with Crippen LogP contribution in [0, 0.1) is 23.7 Å². The summed E-state index contributed by atoms with van der Waals surface area (Å²) in [6, 6.07) is 12.1. The maximum Gasteiger partial charge on any atom is 0.127 e. The van der Waals surface area contributed by atoms with E-state index < -0.39 is 0 Å². The lowest BCUT2D eigenvalue weighted by atomic mass is 9.54. The molecular weight excluding hydrogens is 304 g/mol. The normalized spacial score (nSPS) is 42.6. The summed E-state index contributed by atoms with van der Waals surface area (Å²) in [5.74, 6) is 4.46. The fourth-order valence-corrected chi connectivity index (χ4v) is 7.29. The first-order valence-corrected chi connectivity index (χ1v) is 11.1. The van der Waals surface area contributed by atoms with Gasteiger partial charge < -0.3 is 9.80 Å². The minimum Gasteiger partial charge on any atom is -0.326 e. The van der Waals surface area contributed by atoms with Crippen LogP contribution < -0.4 is 9.80 Å². The zero-order chi connectivity index (χ0) is 16.6. The topological polar surface area (TPSA) is 8.88 Å². The Kier molecular flexibility index (Phi) is 4.60. The molecule has 4 bridgehead atoms. The van der Waals surface area contributed by atoms with Gasteiger partial charge in [-0.2, -0.15) is 0 Å². The Bertz CT molecular complexity index is 533. The van der Waals surface area contributed by atoms with Crippen molar-refractivity contribution in [3.63, 3.8) is 0 Å². The fourth-order valence-electron chi connectivity index (χ4n) is 7.29. The minimum atomic E-state index is 1.05. The van der Waals surface area contributed by atoms with Crippen LogP contribution in [0.15, 0.2) is 30.3 Å². The lowest BCUT2D eigenvalue weighted by Gasteiger charge is -2.55. The number of hydrogen-bond donors (Lipinski definition) is 2. The van der Waals surface area contributed by atoms with Crippen molar-refractivity contribution in [2.75, 3.05) is 32.7 Å². The summed E-state index contributed by atoms with van der Waals surface area (Å²) in [4.78, 5) is 3.89. The molecule has 0 amide bonds. The molecule has 1 aromatic rings. The summed E-state index contributed by atoms with van der Waals surface area (Å²) in [6.07, 6.45) is 10.6. The molecule has 25 heavy (non-hydrogen) atoms. The van der Waals surface area contributed by atoms with Gasteiger partial charge in [-0.1, -0.05) is 30.3 Å². The van der Waals surface area contributed by atoms with Crippen LogP contribution in [0.1, 0.15) is 44.1 Å². The van der Waals surface area contributed by atoms with E-state index in [-0.39, 0.29) is 0 Å². The molecule has 4 saturated carbocycles. The highest BCUT2D eigenvalue weighted by atomic mass is 15.3. The number of benzene rings is 1. The number of hydrogen-bond acceptors (Lipinski definition) is 0. The SMILES string of the molecule is c1ccc(CCC[NH+]2CC[NH+](C3C4CC5CC(C4)CC3C5)CC2)cc1. The van der Waals surface area contributed by atoms with Crippen molar-refractivity contribution < 1.29 is 9.80 Å². The molecule has 0 unspecified atom stereocenters. The van der Waals surface area contributed by atoms with Gasteiger partial charge in [-0.25, -0.2) is 0 Å². The molecular formula is C23H36N2+2. The molecule has 4 aliphatic carbocycles. The number of nitrogens with one attached hydrogen (secondary N) is 2. The summed E-state index contributed by atoms with van der Waals surface area (Å²) in [7, 11) is 0. The first-order chi connectivity index (χ1) is 12.3. The largest absolute Gasteiger partial charge is 0.326 e. The highest BCUT2D eigenvalue weighted by Crippen LogP contribution is 2.52. The molecule has 0 radical (unpaired) electrons. The predicted octanol–water partition coefficient (Wildman–Crippen LogP) is 1.23. The van der Waals surface area contributed by atoms with E-state index in [2.05, 4.69) is 30.3 Å². The zero-order valence-corrected chi connectivity index (χ0v) is 15.8. The highest BCUT2D eigenvalue weighted by Gasteiger charge is 2.52. The van der Waals surface area contributed by atoms with Gasteiger partial charge in [0.05, 0.1) is 12.6 Å². The molecule has 0 atom stereocenters. The molecule has 5 fully saturated rings. The molecule has 1 heterocycles. The average molecular weight is 341 g/mol. The fraction of sp³-hybridized carbons (Fsp3) is 0.739. The predicted molar refractivity (Wildman–Crippen MR) is 102 cm³/mol. The van der Waals surface area contributed by atoms with Gasteiger partial charge in [0.15, 0.2) is 0 Å². The molecule has 0 spiro atoms. The van der Waals surface area contributed by atoms with E-state index in [0.717, 1.165) is 29.7 Å². The Morgan fingerprint density at radius 1 is 0.760 bits per heavy atom. The number of quaternary nitrogens is 2. The van der Waals surface area contributed by atoms with Gasteiger partial charge in [-0.3, -0.25) is 0 Å². The van der Waals surface area contributed by atoms with Crippen LogP contribution in [0.25, 0.3) is 0 Å². The smallest absolute Gasteiger partial charge is 0.127 e. The van der Waals surface area contributed by atoms with Crippen LogP contribution in [-0.4, -0.2) is 38.8 Å². The van der Waals surface area contributed by atoms with Crippen molar-refractivity contribution in [3.8, 4) is 0 Å². The molecule has 2 nitrogen and oxygen atoms in total. The van der Waals surface area contributed by atoms with Crippen LogP contribution in [0.5, 0.6) is 0 Å². The number of rotatable bonds is 5. The van der Waals surface area contributed by atoms with Gasteiger partial charge in [-0.05, 0) is 55.9 Å². The minimum absolute atomic E-state index is 1.05. The van der Waals surface area contributed by atoms with Gasteiger partial charge in [0.1, 0.15) is 26.2 Å². The van der Waals surface area contributed by atoms with Gasteiger partial charge >= 0.3 is 0 Å². The molecule has 1 aromatic carbocycles. The Balaban J connectivity index is 1.10. The van der Waals surface area contributed by atoms with Gasteiger partial charge in [-0.15, -0.1) is 0 Å². The van der Waals surface area contributed by atoms with Crippen molar-refractivity contribution in [3.05, 3.63) is 35.9 Å². The van der Waals surface area contributed by atoms with Crippen molar-refractivity contribution in [1.82, 2.24) is 0 Å². The van der Waals surface area contributed by atoms with Crippen LogP contribution in [0.3, 0.4) is 0 Å². The quantitative estimate of drug-likeness (QED) is 0.798. The van der Waals surface area contributed by atoms with E-state index in [1.54, 1.807) is 32.1 Å². The Morgan fingerprint density at radius 3 is 2.04 bits per heavy atom. The van der Waals surface area contributed by atoms with Crippen LogP contribution in [0.2, 0.25) is 0 Å². The summed E-state index contributed by atoms with van der Waals surface area (Å²) >= 11 is 0. The monoisotopic (exact) mass is 340 g/mol. The van der Waals surface area contributed by atoms with Crippen molar-refractivity contribution in [2.45, 2.75) is 51.0 Å². The van der Waals surface area contributed by atoms with E-state index in [4.69, 9.17) is 0 Å². The van der Waals surface area contributed by atoms with E-state index in [9.17, 15) is 0 Å². The maximum absolute atomic E-state index is 2.28. The zero-order valence-electron chi connectivity index (χ0n) is 15.8. The standard InChI is InChI=1S/C23H34N2/c1-2-5-18(6-3-1)7-4-8-24-9-11-25(12-10-24)23-21-14-19-13-20(16-21)17-22(23)15-19/h1-3,5-6,19-23H,4,7-17H2/p+2. The summed E-state index contributed by atoms with van der Waals surface area (Å²) < 4.78 is 0. The lowest BCUT2D eigenvalue weighted by molar-refractivity contribution is -1.03. The molecule has 136 valence electrons. The molecule has 1 aliphatic heterocycles. The highest BCUT2D eigenvalue weighted by molar-refractivity contribution is 5.14. The summed E-state index contributed by atoms with van der Waals surface area (Å²) in [6.45, 7) is 7.13. The summed E-state index contributed by atoms with van der Waals surface area (Å²) in [5, 5.41) is 0. The average Bonchev–Trinajstić information content (AvgIpc) is 2.63. The first kappa shape index (κ1) is 16.3. The number of aryl methyl sites for hydroxylation is 1.